The smallest absolute Gasteiger partial charge is 0.338 e. The summed E-state index contributed by atoms with van der Waals surface area (Å²) in [5.74, 6) is -1.88. The zero-order valence-electron chi connectivity index (χ0n) is 17.9. The number of benzene rings is 3. The third-order valence-corrected chi connectivity index (χ3v) is 5.50. The van der Waals surface area contributed by atoms with Crippen LogP contribution in [0.25, 0.3) is 0 Å². The Morgan fingerprint density at radius 2 is 1.06 bits per heavy atom. The van der Waals surface area contributed by atoms with Crippen LogP contribution in [0.3, 0.4) is 0 Å². The number of hydrogen-bond acceptors (Lipinski definition) is 7. The van der Waals surface area contributed by atoms with Gasteiger partial charge in [0.15, 0.2) is 17.8 Å². The van der Waals surface area contributed by atoms with Crippen molar-refractivity contribution in [1.29, 1.82) is 0 Å². The maximum absolute atomic E-state index is 12.7. The van der Waals surface area contributed by atoms with Gasteiger partial charge >= 0.3 is 17.9 Å². The summed E-state index contributed by atoms with van der Waals surface area (Å²) in [6, 6.07) is 25.1. The van der Waals surface area contributed by atoms with Crippen molar-refractivity contribution in [2.75, 3.05) is 6.61 Å². The fourth-order valence-corrected chi connectivity index (χ4v) is 3.75. The van der Waals surface area contributed by atoms with Gasteiger partial charge in [-0.1, -0.05) is 66.2 Å². The molecule has 0 unspecified atom stereocenters. The highest BCUT2D eigenvalue weighted by molar-refractivity contribution is 6.20. The van der Waals surface area contributed by atoms with Gasteiger partial charge in [0.05, 0.1) is 16.7 Å². The molecular weight excluding hydrogens is 460 g/mol. The third-order valence-electron chi connectivity index (χ3n) is 5.15. The zero-order chi connectivity index (χ0) is 23.9. The summed E-state index contributed by atoms with van der Waals surface area (Å²) in [5.41, 5.74) is -0.165. The Morgan fingerprint density at radius 3 is 1.53 bits per heavy atom. The van der Waals surface area contributed by atoms with Crippen LogP contribution in [-0.4, -0.2) is 48.4 Å². The largest absolute Gasteiger partial charge is 0.459 e. The molecular formula is C26H21ClO7. The van der Waals surface area contributed by atoms with E-state index in [2.05, 4.69) is 0 Å². The van der Waals surface area contributed by atoms with Gasteiger partial charge in [-0.25, -0.2) is 14.4 Å². The average Bonchev–Trinajstić information content (AvgIpc) is 3.17. The monoisotopic (exact) mass is 480 g/mol. The van der Waals surface area contributed by atoms with E-state index in [4.69, 9.17) is 30.5 Å². The van der Waals surface area contributed by atoms with Gasteiger partial charge < -0.3 is 18.9 Å². The molecule has 0 bridgehead atoms. The molecule has 8 heteroatoms. The molecule has 3 aromatic rings. The van der Waals surface area contributed by atoms with E-state index in [1.807, 2.05) is 0 Å². The summed E-state index contributed by atoms with van der Waals surface area (Å²) in [7, 11) is 0. The molecule has 34 heavy (non-hydrogen) atoms. The number of carbonyl (C=O) groups excluding carboxylic acids is 3. The minimum atomic E-state index is -1.12. The van der Waals surface area contributed by atoms with Gasteiger partial charge in [-0.05, 0) is 36.4 Å². The molecule has 0 aromatic heterocycles. The van der Waals surface area contributed by atoms with E-state index >= 15 is 0 Å². The predicted molar refractivity (Wildman–Crippen MR) is 123 cm³/mol. The van der Waals surface area contributed by atoms with Crippen molar-refractivity contribution in [3.8, 4) is 0 Å². The Kier molecular flexibility index (Phi) is 7.57. The van der Waals surface area contributed by atoms with Crippen LogP contribution in [0.2, 0.25) is 0 Å². The molecule has 1 saturated heterocycles. The number of ether oxygens (including phenoxy) is 4. The van der Waals surface area contributed by atoms with E-state index in [-0.39, 0.29) is 6.61 Å². The number of carbonyl (C=O) groups is 3. The lowest BCUT2D eigenvalue weighted by Gasteiger charge is -2.23. The lowest BCUT2D eigenvalue weighted by atomic mass is 10.1. The minimum Gasteiger partial charge on any atom is -0.459 e. The molecule has 1 aliphatic rings. The van der Waals surface area contributed by atoms with Crippen LogP contribution in [0.15, 0.2) is 91.0 Å². The van der Waals surface area contributed by atoms with Gasteiger partial charge in [0.2, 0.25) is 0 Å². The van der Waals surface area contributed by atoms with Crippen molar-refractivity contribution in [1.82, 2.24) is 0 Å². The first-order chi connectivity index (χ1) is 16.5. The predicted octanol–water partition coefficient (Wildman–Crippen LogP) is 4.26. The molecule has 4 rings (SSSR count). The molecule has 4 atom stereocenters. The summed E-state index contributed by atoms with van der Waals surface area (Å²) >= 11 is 6.33. The minimum absolute atomic E-state index is 0.261. The molecule has 1 aliphatic heterocycles. The second kappa shape index (κ2) is 11.0. The molecule has 174 valence electrons. The first-order valence-electron chi connectivity index (χ1n) is 10.6. The quantitative estimate of drug-likeness (QED) is 0.283. The van der Waals surface area contributed by atoms with Crippen molar-refractivity contribution in [3.05, 3.63) is 108 Å². The number of hydrogen-bond donors (Lipinski definition) is 0. The molecule has 0 N–H and O–H groups in total. The van der Waals surface area contributed by atoms with Gasteiger partial charge in [-0.2, -0.15) is 0 Å². The summed E-state index contributed by atoms with van der Waals surface area (Å²) < 4.78 is 22.3. The fraction of sp³-hybridized carbons (Fsp3) is 0.192. The SMILES string of the molecule is O=C(OC[C@H]1O[C@H](Cl)[C@H](OC(=O)c2ccccc2)[C@H]1OC(=O)c1ccccc1)c1ccccc1. The standard InChI is InChI=1S/C26H21ClO7/c27-23-22(34-26(30)19-14-8-3-9-15-19)21(33-25(29)18-12-6-2-7-13-18)20(32-23)16-31-24(28)17-10-4-1-5-11-17/h1-15,20-23H,16H2/t20-,21+,22-,23+/m1/s1. The summed E-state index contributed by atoms with van der Waals surface area (Å²) in [6.45, 7) is -0.261. The molecule has 3 aromatic carbocycles. The zero-order valence-corrected chi connectivity index (χ0v) is 18.7. The number of esters is 3. The fourth-order valence-electron chi connectivity index (χ4n) is 3.43. The van der Waals surface area contributed by atoms with Gasteiger partial charge in [0, 0.05) is 0 Å². The molecule has 0 spiro atoms. The lowest BCUT2D eigenvalue weighted by Crippen LogP contribution is -2.41. The summed E-state index contributed by atoms with van der Waals surface area (Å²) in [5, 5.41) is 0. The second-order valence-electron chi connectivity index (χ2n) is 7.46. The van der Waals surface area contributed by atoms with Crippen molar-refractivity contribution in [2.24, 2.45) is 0 Å². The lowest BCUT2D eigenvalue weighted by molar-refractivity contribution is -0.0435. The maximum atomic E-state index is 12.7. The van der Waals surface area contributed by atoms with E-state index in [1.54, 1.807) is 91.0 Å². The van der Waals surface area contributed by atoms with Crippen LogP contribution in [0.4, 0.5) is 0 Å². The van der Waals surface area contributed by atoms with Crippen molar-refractivity contribution >= 4 is 29.5 Å². The Morgan fingerprint density at radius 1 is 0.647 bits per heavy atom. The van der Waals surface area contributed by atoms with Crippen molar-refractivity contribution in [2.45, 2.75) is 23.9 Å². The Labute approximate surface area is 201 Å². The van der Waals surface area contributed by atoms with Crippen molar-refractivity contribution < 1.29 is 33.3 Å². The van der Waals surface area contributed by atoms with Crippen LogP contribution >= 0.6 is 11.6 Å². The topological polar surface area (TPSA) is 88.1 Å². The van der Waals surface area contributed by atoms with Gasteiger partial charge in [0.25, 0.3) is 0 Å². The van der Waals surface area contributed by atoms with Crippen LogP contribution < -0.4 is 0 Å². The normalized spacial score (nSPS) is 21.4. The van der Waals surface area contributed by atoms with Crippen LogP contribution in [0.5, 0.6) is 0 Å². The van der Waals surface area contributed by atoms with Crippen LogP contribution in [-0.2, 0) is 18.9 Å². The highest BCUT2D eigenvalue weighted by Crippen LogP contribution is 2.31. The van der Waals surface area contributed by atoms with E-state index in [1.165, 1.54) is 0 Å². The molecule has 7 nitrogen and oxygen atoms in total. The van der Waals surface area contributed by atoms with E-state index in [0.29, 0.717) is 16.7 Å². The summed E-state index contributed by atoms with van der Waals surface area (Å²) in [4.78, 5) is 37.8. The first-order valence-corrected chi connectivity index (χ1v) is 11.0. The second-order valence-corrected chi connectivity index (χ2v) is 7.89. The first kappa shape index (κ1) is 23.5. The van der Waals surface area contributed by atoms with E-state index < -0.39 is 41.8 Å². The van der Waals surface area contributed by atoms with E-state index in [9.17, 15) is 14.4 Å². The maximum Gasteiger partial charge on any atom is 0.338 e. The number of alkyl halides is 1. The van der Waals surface area contributed by atoms with Crippen molar-refractivity contribution in [3.63, 3.8) is 0 Å². The van der Waals surface area contributed by atoms with Crippen LogP contribution in [0, 0.1) is 0 Å². The highest BCUT2D eigenvalue weighted by atomic mass is 35.5. The Bertz CT molecular complexity index is 1120. The van der Waals surface area contributed by atoms with Gasteiger partial charge in [-0.15, -0.1) is 0 Å². The number of halogens is 1. The molecule has 0 radical (unpaired) electrons. The van der Waals surface area contributed by atoms with E-state index in [0.717, 1.165) is 0 Å². The number of rotatable bonds is 7. The van der Waals surface area contributed by atoms with Crippen LogP contribution in [0.1, 0.15) is 31.1 Å². The molecule has 1 fully saturated rings. The highest BCUT2D eigenvalue weighted by Gasteiger charge is 2.49. The Balaban J connectivity index is 1.51. The molecule has 0 saturated carbocycles. The van der Waals surface area contributed by atoms with Gasteiger partial charge in [-0.3, -0.25) is 0 Å². The third kappa shape index (κ3) is 5.62. The Hall–Kier alpha value is -3.68. The van der Waals surface area contributed by atoms with Gasteiger partial charge in [0.1, 0.15) is 12.7 Å². The average molecular weight is 481 g/mol. The molecule has 0 amide bonds. The molecule has 0 aliphatic carbocycles. The molecule has 1 heterocycles. The summed E-state index contributed by atoms with van der Waals surface area (Å²) in [6.07, 6.45) is -3.18.